The highest BCUT2D eigenvalue weighted by Gasteiger charge is 2.35. The molecule has 1 aliphatic rings. The van der Waals surface area contributed by atoms with E-state index in [0.29, 0.717) is 19.1 Å². The van der Waals surface area contributed by atoms with Crippen LogP contribution in [-0.4, -0.2) is 25.3 Å². The van der Waals surface area contributed by atoms with E-state index in [2.05, 4.69) is 4.98 Å². The minimum absolute atomic E-state index is 0.509. The predicted molar refractivity (Wildman–Crippen MR) is 66.5 cm³/mol. The Labute approximate surface area is 105 Å². The van der Waals surface area contributed by atoms with Crippen LogP contribution < -0.4 is 10.5 Å². The first-order chi connectivity index (χ1) is 8.71. The van der Waals surface area contributed by atoms with Crippen LogP contribution in [0.4, 0.5) is 0 Å². The molecule has 1 fully saturated rings. The molecule has 0 unspecified atom stereocenters. The molecule has 18 heavy (non-hydrogen) atoms. The number of rotatable bonds is 2. The molecule has 5 nitrogen and oxygen atoms in total. The molecule has 2 N–H and O–H groups in total. The Morgan fingerprint density at radius 1 is 1.33 bits per heavy atom. The molecule has 0 atom stereocenters. The van der Waals surface area contributed by atoms with Gasteiger partial charge in [0.05, 0.1) is 12.6 Å². The minimum atomic E-state index is -0.509. The van der Waals surface area contributed by atoms with Crippen LogP contribution >= 0.6 is 0 Å². The Kier molecular flexibility index (Phi) is 2.72. The van der Waals surface area contributed by atoms with Gasteiger partial charge in [-0.05, 0) is 25.0 Å². The maximum Gasteiger partial charge on any atom is 0.215 e. The van der Waals surface area contributed by atoms with E-state index in [9.17, 15) is 0 Å². The fourth-order valence-electron chi connectivity index (χ4n) is 2.20. The number of fused-ring (bicyclic) bond motifs is 1. The molecule has 96 valence electrons. The van der Waals surface area contributed by atoms with Crippen LogP contribution in [0.3, 0.4) is 0 Å². The van der Waals surface area contributed by atoms with Gasteiger partial charge in [0.15, 0.2) is 5.58 Å². The van der Waals surface area contributed by atoms with Gasteiger partial charge < -0.3 is 19.6 Å². The monoisotopic (exact) mass is 248 g/mol. The summed E-state index contributed by atoms with van der Waals surface area (Å²) in [6.07, 6.45) is 1.47. The number of hydrogen-bond acceptors (Lipinski definition) is 5. The van der Waals surface area contributed by atoms with Crippen molar-refractivity contribution in [2.45, 2.75) is 18.4 Å². The van der Waals surface area contributed by atoms with E-state index in [0.717, 1.165) is 29.7 Å². The van der Waals surface area contributed by atoms with Gasteiger partial charge in [-0.25, -0.2) is 4.98 Å². The second kappa shape index (κ2) is 4.26. The van der Waals surface area contributed by atoms with Crippen molar-refractivity contribution in [3.05, 3.63) is 24.1 Å². The molecule has 3 rings (SSSR count). The normalized spacial score (nSPS) is 19.0. The van der Waals surface area contributed by atoms with Crippen LogP contribution in [0.1, 0.15) is 18.7 Å². The lowest BCUT2D eigenvalue weighted by Crippen LogP contribution is -2.42. The quantitative estimate of drug-likeness (QED) is 0.877. The van der Waals surface area contributed by atoms with E-state index in [1.54, 1.807) is 7.11 Å². The summed E-state index contributed by atoms with van der Waals surface area (Å²) in [5.74, 6) is 1.36. The summed E-state index contributed by atoms with van der Waals surface area (Å²) < 4.78 is 16.3. The van der Waals surface area contributed by atoms with Crippen LogP contribution in [0.2, 0.25) is 0 Å². The lowest BCUT2D eigenvalue weighted by Gasteiger charge is -2.29. The zero-order valence-electron chi connectivity index (χ0n) is 10.3. The largest absolute Gasteiger partial charge is 0.497 e. The van der Waals surface area contributed by atoms with Crippen LogP contribution in [0, 0.1) is 0 Å². The fourth-order valence-corrected chi connectivity index (χ4v) is 2.20. The number of nitrogens with two attached hydrogens (primary N) is 1. The van der Waals surface area contributed by atoms with Crippen molar-refractivity contribution >= 4 is 11.1 Å². The van der Waals surface area contributed by atoms with Crippen molar-refractivity contribution in [2.75, 3.05) is 20.3 Å². The van der Waals surface area contributed by atoms with E-state index < -0.39 is 5.54 Å². The zero-order valence-corrected chi connectivity index (χ0v) is 10.3. The number of aromatic nitrogens is 1. The second-order valence-electron chi connectivity index (χ2n) is 4.62. The van der Waals surface area contributed by atoms with Gasteiger partial charge in [0.25, 0.3) is 0 Å². The summed E-state index contributed by atoms with van der Waals surface area (Å²) in [5.41, 5.74) is 7.35. The molecule has 1 saturated heterocycles. The van der Waals surface area contributed by atoms with Gasteiger partial charge in [0, 0.05) is 19.3 Å². The van der Waals surface area contributed by atoms with Crippen molar-refractivity contribution in [3.8, 4) is 5.75 Å². The maximum absolute atomic E-state index is 6.35. The highest BCUT2D eigenvalue weighted by molar-refractivity contribution is 5.74. The van der Waals surface area contributed by atoms with Gasteiger partial charge in [-0.15, -0.1) is 0 Å². The summed E-state index contributed by atoms with van der Waals surface area (Å²) in [7, 11) is 1.63. The summed E-state index contributed by atoms with van der Waals surface area (Å²) in [6, 6.07) is 5.56. The standard InChI is InChI=1S/C13H16N2O3/c1-16-9-2-3-11-10(8-9)15-12(18-11)13(14)4-6-17-7-5-13/h2-3,8H,4-7,14H2,1H3. The Morgan fingerprint density at radius 2 is 2.11 bits per heavy atom. The molecule has 1 aromatic carbocycles. The van der Waals surface area contributed by atoms with Crippen LogP contribution in [0.25, 0.3) is 11.1 Å². The molecule has 0 radical (unpaired) electrons. The van der Waals surface area contributed by atoms with Gasteiger partial charge in [-0.3, -0.25) is 0 Å². The summed E-state index contributed by atoms with van der Waals surface area (Å²) in [4.78, 5) is 4.49. The van der Waals surface area contributed by atoms with Crippen LogP contribution in [0.15, 0.2) is 22.6 Å². The van der Waals surface area contributed by atoms with Gasteiger partial charge in [0.2, 0.25) is 5.89 Å². The van der Waals surface area contributed by atoms with Crippen molar-refractivity contribution in [3.63, 3.8) is 0 Å². The summed E-state index contributed by atoms with van der Waals surface area (Å²) >= 11 is 0. The smallest absolute Gasteiger partial charge is 0.215 e. The van der Waals surface area contributed by atoms with Crippen LogP contribution in [0.5, 0.6) is 5.75 Å². The SMILES string of the molecule is COc1ccc2oc(C3(N)CCOCC3)nc2c1. The Hall–Kier alpha value is -1.59. The summed E-state index contributed by atoms with van der Waals surface area (Å²) in [6.45, 7) is 1.30. The molecule has 0 bridgehead atoms. The molecule has 1 aromatic heterocycles. The van der Waals surface area contributed by atoms with E-state index in [1.165, 1.54) is 0 Å². The molecular formula is C13H16N2O3. The summed E-state index contributed by atoms with van der Waals surface area (Å²) in [5, 5.41) is 0. The third-order valence-electron chi connectivity index (χ3n) is 3.41. The minimum Gasteiger partial charge on any atom is -0.497 e. The van der Waals surface area contributed by atoms with E-state index in [1.807, 2.05) is 18.2 Å². The Morgan fingerprint density at radius 3 is 2.83 bits per heavy atom. The van der Waals surface area contributed by atoms with Gasteiger partial charge in [0.1, 0.15) is 11.3 Å². The third kappa shape index (κ3) is 1.85. The average molecular weight is 248 g/mol. The Balaban J connectivity index is 2.02. The highest BCUT2D eigenvalue weighted by Crippen LogP contribution is 2.32. The molecule has 2 heterocycles. The molecule has 0 spiro atoms. The van der Waals surface area contributed by atoms with E-state index in [-0.39, 0.29) is 0 Å². The number of methoxy groups -OCH3 is 1. The third-order valence-corrected chi connectivity index (χ3v) is 3.41. The van der Waals surface area contributed by atoms with Crippen molar-refractivity contribution < 1.29 is 13.9 Å². The molecule has 2 aromatic rings. The number of ether oxygens (including phenoxy) is 2. The van der Waals surface area contributed by atoms with Crippen molar-refractivity contribution in [2.24, 2.45) is 5.73 Å². The predicted octanol–water partition coefficient (Wildman–Crippen LogP) is 1.80. The molecular weight excluding hydrogens is 232 g/mol. The average Bonchev–Trinajstić information content (AvgIpc) is 2.83. The van der Waals surface area contributed by atoms with Gasteiger partial charge in [-0.2, -0.15) is 0 Å². The number of hydrogen-bond donors (Lipinski definition) is 1. The van der Waals surface area contributed by atoms with Gasteiger partial charge >= 0.3 is 0 Å². The second-order valence-corrected chi connectivity index (χ2v) is 4.62. The molecule has 0 amide bonds. The lowest BCUT2D eigenvalue weighted by molar-refractivity contribution is 0.0429. The first kappa shape index (κ1) is 11.5. The molecule has 0 saturated carbocycles. The molecule has 5 heteroatoms. The zero-order chi connectivity index (χ0) is 12.6. The number of oxazole rings is 1. The first-order valence-electron chi connectivity index (χ1n) is 6.03. The number of benzene rings is 1. The molecule has 1 aliphatic heterocycles. The highest BCUT2D eigenvalue weighted by atomic mass is 16.5. The molecule has 0 aliphatic carbocycles. The first-order valence-corrected chi connectivity index (χ1v) is 6.03. The fraction of sp³-hybridized carbons (Fsp3) is 0.462. The number of nitrogens with zero attached hydrogens (tertiary/aromatic N) is 1. The van der Waals surface area contributed by atoms with Crippen molar-refractivity contribution in [1.29, 1.82) is 0 Å². The topological polar surface area (TPSA) is 70.5 Å². The van der Waals surface area contributed by atoms with Crippen molar-refractivity contribution in [1.82, 2.24) is 4.98 Å². The Bertz CT molecular complexity index is 558. The maximum atomic E-state index is 6.35. The lowest BCUT2D eigenvalue weighted by atomic mass is 9.91. The van der Waals surface area contributed by atoms with Gasteiger partial charge in [-0.1, -0.05) is 0 Å². The van der Waals surface area contributed by atoms with E-state index >= 15 is 0 Å². The van der Waals surface area contributed by atoms with Crippen LogP contribution in [-0.2, 0) is 10.3 Å². The van der Waals surface area contributed by atoms with E-state index in [4.69, 9.17) is 19.6 Å².